The number of hydrogen-bond acceptors (Lipinski definition) is 2. The van der Waals surface area contributed by atoms with Gasteiger partial charge in [-0.2, -0.15) is 0 Å². The van der Waals surface area contributed by atoms with E-state index in [1.807, 2.05) is 0 Å². The van der Waals surface area contributed by atoms with Crippen LogP contribution in [0.4, 0.5) is 0 Å². The van der Waals surface area contributed by atoms with Crippen molar-refractivity contribution in [1.29, 1.82) is 0 Å². The molecular formula is C12H10ClNO2. The third kappa shape index (κ3) is 3.47. The molecule has 0 bridgehead atoms. The summed E-state index contributed by atoms with van der Waals surface area (Å²) >= 11 is 5.97. The molecule has 0 N–H and O–H groups in total. The van der Waals surface area contributed by atoms with Crippen LogP contribution in [0.3, 0.4) is 0 Å². The summed E-state index contributed by atoms with van der Waals surface area (Å²) in [7, 11) is 0. The highest BCUT2D eigenvalue weighted by Gasteiger charge is 2.17. The molecule has 0 fully saturated rings. The Bertz CT molecular complexity index is 465. The largest absolute Gasteiger partial charge is 0.498 e. The highest BCUT2D eigenvalue weighted by Crippen LogP contribution is 2.24. The van der Waals surface area contributed by atoms with Gasteiger partial charge in [0.05, 0.1) is 0 Å². The summed E-state index contributed by atoms with van der Waals surface area (Å²) in [5.41, 5.74) is 0.654. The van der Waals surface area contributed by atoms with Crippen LogP contribution in [0.25, 0.3) is 5.01 Å². The van der Waals surface area contributed by atoms with E-state index >= 15 is 0 Å². The molecule has 4 heteroatoms. The fourth-order valence-electron chi connectivity index (χ4n) is 1.13. The number of ether oxygens (including phenoxy) is 1. The molecular weight excluding hydrogens is 226 g/mol. The van der Waals surface area contributed by atoms with Gasteiger partial charge in [-0.05, 0) is 13.0 Å². The van der Waals surface area contributed by atoms with Crippen molar-refractivity contribution in [3.05, 3.63) is 45.1 Å². The zero-order valence-electron chi connectivity index (χ0n) is 8.74. The van der Waals surface area contributed by atoms with E-state index in [4.69, 9.17) is 16.3 Å². The van der Waals surface area contributed by atoms with Gasteiger partial charge < -0.3 is 9.94 Å². The summed E-state index contributed by atoms with van der Waals surface area (Å²) in [6.45, 7) is 1.91. The highest BCUT2D eigenvalue weighted by atomic mass is 35.5. The normalized spacial score (nSPS) is 10.6. The Morgan fingerprint density at radius 2 is 2.25 bits per heavy atom. The molecule has 0 aliphatic rings. The second-order valence-electron chi connectivity index (χ2n) is 2.86. The fourth-order valence-corrected chi connectivity index (χ4v) is 1.36. The maximum Gasteiger partial charge on any atom is 0.335 e. The average Bonchev–Trinajstić information content (AvgIpc) is 2.29. The van der Waals surface area contributed by atoms with Gasteiger partial charge in [0.1, 0.15) is 6.61 Å². The van der Waals surface area contributed by atoms with E-state index in [0.717, 1.165) is 0 Å². The van der Waals surface area contributed by atoms with Gasteiger partial charge in [-0.3, -0.25) is 0 Å². The fraction of sp³-hybridized carbons (Fsp3) is 0.250. The summed E-state index contributed by atoms with van der Waals surface area (Å²) in [5.74, 6) is 5.41. The van der Waals surface area contributed by atoms with Crippen LogP contribution < -0.4 is 0 Å². The van der Waals surface area contributed by atoms with Gasteiger partial charge in [-0.25, -0.2) is 0 Å². The van der Waals surface area contributed by atoms with Crippen molar-refractivity contribution < 1.29 is 4.74 Å². The Morgan fingerprint density at radius 1 is 1.50 bits per heavy atom. The molecule has 0 saturated carbocycles. The number of benzene rings is 1. The Kier molecular flexibility index (Phi) is 5.22. The minimum Gasteiger partial charge on any atom is -0.498 e. The van der Waals surface area contributed by atoms with Crippen molar-refractivity contribution in [2.75, 3.05) is 6.61 Å². The Balaban J connectivity index is 2.87. The zero-order valence-corrected chi connectivity index (χ0v) is 9.49. The van der Waals surface area contributed by atoms with Crippen LogP contribution in [0.15, 0.2) is 24.3 Å². The number of halogens is 1. The van der Waals surface area contributed by atoms with Gasteiger partial charge in [0.15, 0.2) is 0 Å². The van der Waals surface area contributed by atoms with Crippen LogP contribution in [-0.2, 0) is 4.74 Å². The molecule has 0 radical (unpaired) electrons. The lowest BCUT2D eigenvalue weighted by Crippen LogP contribution is -2.02. The second-order valence-corrected chi connectivity index (χ2v) is 3.27. The SMILES string of the molecule is CC#CCOC(C#[N+][O-])c1ccccc1Cl. The minimum atomic E-state index is -0.674. The topological polar surface area (TPSA) is 36.6 Å². The van der Waals surface area contributed by atoms with E-state index in [2.05, 4.69) is 22.9 Å². The van der Waals surface area contributed by atoms with Gasteiger partial charge in [0.2, 0.25) is 6.10 Å². The van der Waals surface area contributed by atoms with E-state index in [0.29, 0.717) is 10.6 Å². The van der Waals surface area contributed by atoms with Crippen molar-refractivity contribution >= 4 is 11.6 Å². The van der Waals surface area contributed by atoms with Crippen molar-refractivity contribution in [3.63, 3.8) is 0 Å². The van der Waals surface area contributed by atoms with E-state index in [1.165, 1.54) is 0 Å². The zero-order chi connectivity index (χ0) is 11.8. The smallest absolute Gasteiger partial charge is 0.335 e. The molecule has 1 atom stereocenters. The predicted octanol–water partition coefficient (Wildman–Crippen LogP) is 3.25. The minimum absolute atomic E-state index is 0.203. The molecule has 1 rings (SSSR count). The molecule has 0 heterocycles. The van der Waals surface area contributed by atoms with Gasteiger partial charge in [-0.15, -0.1) is 5.92 Å². The molecule has 0 aromatic heterocycles. The first-order valence-electron chi connectivity index (χ1n) is 4.63. The van der Waals surface area contributed by atoms with Gasteiger partial charge in [0, 0.05) is 15.6 Å². The van der Waals surface area contributed by atoms with E-state index < -0.39 is 6.10 Å². The van der Waals surface area contributed by atoms with Crippen LogP contribution in [0, 0.1) is 23.1 Å². The maximum absolute atomic E-state index is 10.2. The molecule has 1 aromatic rings. The molecule has 0 aliphatic heterocycles. The average molecular weight is 236 g/mol. The molecule has 1 unspecified atom stereocenters. The molecule has 1 aromatic carbocycles. The van der Waals surface area contributed by atoms with Crippen LogP contribution in [-0.4, -0.2) is 6.61 Å². The molecule has 3 nitrogen and oxygen atoms in total. The molecule has 16 heavy (non-hydrogen) atoms. The van der Waals surface area contributed by atoms with Gasteiger partial charge >= 0.3 is 6.07 Å². The molecule has 82 valence electrons. The van der Waals surface area contributed by atoms with Crippen LogP contribution in [0.1, 0.15) is 18.6 Å². The predicted molar refractivity (Wildman–Crippen MR) is 64.2 cm³/mol. The Hall–Kier alpha value is -1.68. The lowest BCUT2D eigenvalue weighted by Gasteiger charge is -2.07. The first-order chi connectivity index (χ1) is 7.79. The molecule has 0 aliphatic carbocycles. The monoisotopic (exact) mass is 235 g/mol. The standard InChI is InChI=1S/C12H10ClNO2/c1-2-3-8-16-12(9-14-15)10-6-4-5-7-11(10)13/h4-7,12H,8H2,1H3. The summed E-state index contributed by atoms with van der Waals surface area (Å²) in [6, 6.07) is 9.36. The van der Waals surface area contributed by atoms with Crippen molar-refractivity contribution in [2.24, 2.45) is 0 Å². The molecule has 0 amide bonds. The first kappa shape index (κ1) is 12.4. The molecule has 0 spiro atoms. The maximum atomic E-state index is 10.2. The number of rotatable bonds is 3. The van der Waals surface area contributed by atoms with Crippen LogP contribution in [0.2, 0.25) is 5.02 Å². The quantitative estimate of drug-likeness (QED) is 0.596. The van der Waals surface area contributed by atoms with E-state index in [1.54, 1.807) is 31.2 Å². The van der Waals surface area contributed by atoms with Crippen LogP contribution >= 0.6 is 11.6 Å². The number of nitrogens with zero attached hydrogens (tertiary/aromatic N) is 1. The number of hydrogen-bond donors (Lipinski definition) is 0. The lowest BCUT2D eigenvalue weighted by molar-refractivity contribution is 0.121. The Morgan fingerprint density at radius 3 is 2.88 bits per heavy atom. The van der Waals surface area contributed by atoms with Crippen molar-refractivity contribution in [2.45, 2.75) is 13.0 Å². The van der Waals surface area contributed by atoms with Crippen molar-refractivity contribution in [3.8, 4) is 17.9 Å². The van der Waals surface area contributed by atoms with E-state index in [9.17, 15) is 5.21 Å². The van der Waals surface area contributed by atoms with Crippen molar-refractivity contribution in [1.82, 2.24) is 0 Å². The molecule has 0 saturated heterocycles. The summed E-state index contributed by atoms with van der Waals surface area (Å²) in [6.07, 6.45) is -0.674. The summed E-state index contributed by atoms with van der Waals surface area (Å²) in [4.78, 5) is 0. The summed E-state index contributed by atoms with van der Waals surface area (Å²) in [5, 5.41) is 13.3. The second kappa shape index (κ2) is 6.74. The summed E-state index contributed by atoms with van der Waals surface area (Å²) < 4.78 is 5.33. The highest BCUT2D eigenvalue weighted by molar-refractivity contribution is 6.31. The van der Waals surface area contributed by atoms with E-state index in [-0.39, 0.29) is 6.61 Å². The third-order valence-electron chi connectivity index (χ3n) is 1.86. The van der Waals surface area contributed by atoms with Crippen LogP contribution in [0.5, 0.6) is 0 Å². The van der Waals surface area contributed by atoms with Gasteiger partial charge in [-0.1, -0.05) is 35.7 Å². The first-order valence-corrected chi connectivity index (χ1v) is 5.01. The third-order valence-corrected chi connectivity index (χ3v) is 2.20. The lowest BCUT2D eigenvalue weighted by atomic mass is 10.1. The Labute approximate surface area is 99.4 Å². The van der Waals surface area contributed by atoms with Gasteiger partial charge in [0.25, 0.3) is 0 Å².